The fourth-order valence-electron chi connectivity index (χ4n) is 5.04. The molecule has 1 N–H and O–H groups in total. The predicted octanol–water partition coefficient (Wildman–Crippen LogP) is 2.59. The predicted molar refractivity (Wildman–Crippen MR) is 124 cm³/mol. The first-order chi connectivity index (χ1) is 16.2. The third kappa shape index (κ3) is 4.48. The van der Waals surface area contributed by atoms with Crippen LogP contribution < -0.4 is 10.1 Å². The maximum atomic E-state index is 13.7. The highest BCUT2D eigenvalue weighted by molar-refractivity contribution is 6.01. The summed E-state index contributed by atoms with van der Waals surface area (Å²) in [4.78, 5) is 31.5. The van der Waals surface area contributed by atoms with E-state index >= 15 is 0 Å². The van der Waals surface area contributed by atoms with Gasteiger partial charge in [-0.1, -0.05) is 30.3 Å². The van der Waals surface area contributed by atoms with Crippen molar-refractivity contribution in [2.24, 2.45) is 0 Å². The topological polar surface area (TPSA) is 71.1 Å². The summed E-state index contributed by atoms with van der Waals surface area (Å²) in [6.45, 7) is 4.61. The molecule has 3 aliphatic rings. The maximum absolute atomic E-state index is 13.7. The third-order valence-electron chi connectivity index (χ3n) is 6.87. The van der Waals surface area contributed by atoms with Gasteiger partial charge in [-0.2, -0.15) is 0 Å². The molecule has 2 fully saturated rings. The average molecular weight is 450 g/mol. The van der Waals surface area contributed by atoms with E-state index in [1.807, 2.05) is 53.4 Å². The number of carbonyl (C=O) groups is 2. The Hall–Kier alpha value is -2.90. The highest BCUT2D eigenvalue weighted by Gasteiger charge is 2.49. The molecule has 1 aliphatic carbocycles. The molecule has 2 aromatic rings. The molecule has 0 bridgehead atoms. The molecule has 7 heteroatoms. The van der Waals surface area contributed by atoms with E-state index in [4.69, 9.17) is 9.47 Å². The van der Waals surface area contributed by atoms with Crippen molar-refractivity contribution < 1.29 is 19.1 Å². The molecule has 0 spiro atoms. The smallest absolute Gasteiger partial charge is 0.254 e. The summed E-state index contributed by atoms with van der Waals surface area (Å²) < 4.78 is 10.9. The summed E-state index contributed by atoms with van der Waals surface area (Å²) in [5, 5.41) is 3.17. The van der Waals surface area contributed by atoms with Crippen LogP contribution in [0.15, 0.2) is 48.5 Å². The van der Waals surface area contributed by atoms with Crippen molar-refractivity contribution >= 4 is 11.8 Å². The number of morpholine rings is 1. The largest absolute Gasteiger partial charge is 0.497 e. The molecule has 1 saturated carbocycles. The van der Waals surface area contributed by atoms with Crippen molar-refractivity contribution in [2.45, 2.75) is 30.8 Å². The normalized spacial score (nSPS) is 23.2. The van der Waals surface area contributed by atoms with Crippen molar-refractivity contribution in [1.29, 1.82) is 0 Å². The standard InChI is InChI=1S/C26H31N3O4/c1-32-20-6-4-5-18(17-20)24-23(25(30)27-11-12-28-13-15-33-16-14-28)21-7-2-3-8-22(21)26(31)29(24)19-9-10-19/h2-8,17,19,23-24H,9-16H2,1H3,(H,27,30)/t23-,24+/m0/s1. The Morgan fingerprint density at radius 2 is 1.91 bits per heavy atom. The molecule has 2 aliphatic heterocycles. The number of nitrogens with one attached hydrogen (secondary N) is 1. The average Bonchev–Trinajstić information content (AvgIpc) is 3.70. The molecule has 1 saturated heterocycles. The number of methoxy groups -OCH3 is 1. The summed E-state index contributed by atoms with van der Waals surface area (Å²) >= 11 is 0. The molecule has 0 radical (unpaired) electrons. The molecule has 0 aromatic heterocycles. The minimum absolute atomic E-state index is 0.0123. The Morgan fingerprint density at radius 1 is 1.12 bits per heavy atom. The number of hydrogen-bond acceptors (Lipinski definition) is 5. The molecule has 0 unspecified atom stereocenters. The van der Waals surface area contributed by atoms with Crippen LogP contribution in [-0.4, -0.2) is 74.2 Å². The van der Waals surface area contributed by atoms with Crippen LogP contribution in [0.1, 0.15) is 46.3 Å². The highest BCUT2D eigenvalue weighted by atomic mass is 16.5. The van der Waals surface area contributed by atoms with Gasteiger partial charge in [0.1, 0.15) is 5.75 Å². The van der Waals surface area contributed by atoms with E-state index in [1.165, 1.54) is 0 Å². The second-order valence-corrected chi connectivity index (χ2v) is 8.98. The fraction of sp³-hybridized carbons (Fsp3) is 0.462. The first-order valence-electron chi connectivity index (χ1n) is 11.8. The van der Waals surface area contributed by atoms with Crippen molar-refractivity contribution in [1.82, 2.24) is 15.1 Å². The van der Waals surface area contributed by atoms with Gasteiger partial charge in [0, 0.05) is 37.8 Å². The molecule has 174 valence electrons. The lowest BCUT2D eigenvalue weighted by Crippen LogP contribution is -2.49. The number of rotatable bonds is 7. The van der Waals surface area contributed by atoms with Gasteiger partial charge in [-0.15, -0.1) is 0 Å². The fourth-order valence-corrected chi connectivity index (χ4v) is 5.04. The van der Waals surface area contributed by atoms with E-state index in [0.717, 1.165) is 62.6 Å². The molecule has 33 heavy (non-hydrogen) atoms. The molecule has 7 nitrogen and oxygen atoms in total. The zero-order valence-corrected chi connectivity index (χ0v) is 19.0. The van der Waals surface area contributed by atoms with Gasteiger partial charge >= 0.3 is 0 Å². The highest BCUT2D eigenvalue weighted by Crippen LogP contribution is 2.48. The van der Waals surface area contributed by atoms with Crippen LogP contribution in [0.4, 0.5) is 0 Å². The summed E-state index contributed by atoms with van der Waals surface area (Å²) in [7, 11) is 1.63. The summed E-state index contributed by atoms with van der Waals surface area (Å²) in [5.41, 5.74) is 2.37. The van der Waals surface area contributed by atoms with Crippen LogP contribution in [0.2, 0.25) is 0 Å². The summed E-state index contributed by atoms with van der Waals surface area (Å²) in [6.07, 6.45) is 1.94. The molecule has 5 rings (SSSR count). The van der Waals surface area contributed by atoms with Gasteiger partial charge < -0.3 is 19.7 Å². The number of carbonyl (C=O) groups excluding carboxylic acids is 2. The lowest BCUT2D eigenvalue weighted by Gasteiger charge is -2.42. The van der Waals surface area contributed by atoms with Crippen LogP contribution in [0.3, 0.4) is 0 Å². The van der Waals surface area contributed by atoms with Crippen LogP contribution in [-0.2, 0) is 9.53 Å². The SMILES string of the molecule is COc1cccc([C@@H]2[C@@H](C(=O)NCCN3CCOCC3)c3ccccc3C(=O)N2C2CC2)c1. The molecule has 2 aromatic carbocycles. The molecule has 2 atom stereocenters. The second-order valence-electron chi connectivity index (χ2n) is 8.98. The van der Waals surface area contributed by atoms with E-state index in [0.29, 0.717) is 12.1 Å². The van der Waals surface area contributed by atoms with Crippen LogP contribution in [0, 0.1) is 0 Å². The first kappa shape index (κ1) is 21.9. The number of nitrogens with zero attached hydrogens (tertiary/aromatic N) is 2. The Morgan fingerprint density at radius 3 is 2.67 bits per heavy atom. The van der Waals surface area contributed by atoms with E-state index in [2.05, 4.69) is 10.2 Å². The summed E-state index contributed by atoms with van der Waals surface area (Å²) in [5.74, 6) is 0.220. The Bertz CT molecular complexity index is 1020. The second kappa shape index (κ2) is 9.53. The Kier molecular flexibility index (Phi) is 6.33. The molecular weight excluding hydrogens is 418 g/mol. The molecule has 2 amide bonds. The third-order valence-corrected chi connectivity index (χ3v) is 6.87. The van der Waals surface area contributed by atoms with Crippen molar-refractivity contribution in [3.8, 4) is 5.75 Å². The van der Waals surface area contributed by atoms with Crippen molar-refractivity contribution in [3.05, 3.63) is 65.2 Å². The quantitative estimate of drug-likeness (QED) is 0.704. The van der Waals surface area contributed by atoms with E-state index < -0.39 is 5.92 Å². The lowest BCUT2D eigenvalue weighted by molar-refractivity contribution is -0.124. The Balaban J connectivity index is 1.47. The zero-order valence-electron chi connectivity index (χ0n) is 19.0. The van der Waals surface area contributed by atoms with Crippen molar-refractivity contribution in [3.63, 3.8) is 0 Å². The number of ether oxygens (including phenoxy) is 2. The summed E-state index contributed by atoms with van der Waals surface area (Å²) in [6, 6.07) is 15.1. The van der Waals surface area contributed by atoms with Gasteiger partial charge in [0.2, 0.25) is 5.91 Å². The molecular formula is C26H31N3O4. The van der Waals surface area contributed by atoms with Crippen molar-refractivity contribution in [2.75, 3.05) is 46.5 Å². The van der Waals surface area contributed by atoms with E-state index in [1.54, 1.807) is 7.11 Å². The number of amides is 2. The lowest BCUT2D eigenvalue weighted by atomic mass is 9.79. The van der Waals surface area contributed by atoms with Crippen LogP contribution in [0.25, 0.3) is 0 Å². The minimum atomic E-state index is -0.476. The minimum Gasteiger partial charge on any atom is -0.497 e. The maximum Gasteiger partial charge on any atom is 0.254 e. The van der Waals surface area contributed by atoms with Gasteiger partial charge in [-0.25, -0.2) is 0 Å². The van der Waals surface area contributed by atoms with E-state index in [9.17, 15) is 9.59 Å². The zero-order chi connectivity index (χ0) is 22.8. The number of fused-ring (bicyclic) bond motifs is 1. The van der Waals surface area contributed by atoms with Gasteiger partial charge in [-0.3, -0.25) is 14.5 Å². The monoisotopic (exact) mass is 449 g/mol. The van der Waals surface area contributed by atoms with Gasteiger partial charge in [-0.05, 0) is 42.2 Å². The van der Waals surface area contributed by atoms with Gasteiger partial charge in [0.05, 0.1) is 32.3 Å². The van der Waals surface area contributed by atoms with Crippen LogP contribution in [0.5, 0.6) is 5.75 Å². The van der Waals surface area contributed by atoms with Gasteiger partial charge in [0.25, 0.3) is 5.91 Å². The number of benzene rings is 2. The van der Waals surface area contributed by atoms with E-state index in [-0.39, 0.29) is 23.9 Å². The van der Waals surface area contributed by atoms with Crippen LogP contribution >= 0.6 is 0 Å². The Labute approximate surface area is 194 Å². The number of hydrogen-bond donors (Lipinski definition) is 1. The first-order valence-corrected chi connectivity index (χ1v) is 11.8. The van der Waals surface area contributed by atoms with Gasteiger partial charge in [0.15, 0.2) is 0 Å². The molecule has 2 heterocycles.